The Morgan fingerprint density at radius 1 is 1.37 bits per heavy atom. The molecule has 0 bridgehead atoms. The van der Waals surface area contributed by atoms with Crippen LogP contribution in [0.2, 0.25) is 0 Å². The maximum atomic E-state index is 12.1. The van der Waals surface area contributed by atoms with E-state index in [9.17, 15) is 9.59 Å². The largest absolute Gasteiger partial charge is 0.354 e. The molecule has 1 rings (SSSR count). The Bertz CT molecular complexity index is 320. The fourth-order valence-corrected chi connectivity index (χ4v) is 2.23. The molecule has 1 aliphatic heterocycles. The van der Waals surface area contributed by atoms with Gasteiger partial charge in [0, 0.05) is 13.1 Å². The molecule has 0 aliphatic carbocycles. The molecule has 0 unspecified atom stereocenters. The van der Waals surface area contributed by atoms with Crippen LogP contribution in [0.15, 0.2) is 0 Å². The number of nitrogens with two attached hydrogens (primary N) is 1. The van der Waals surface area contributed by atoms with Crippen LogP contribution in [-0.4, -0.2) is 41.9 Å². The van der Waals surface area contributed by atoms with Crippen molar-refractivity contribution in [2.45, 2.75) is 58.5 Å². The normalized spacial score (nSPS) is 22.1. The molecule has 1 aliphatic rings. The summed E-state index contributed by atoms with van der Waals surface area (Å²) in [7, 11) is 0. The Morgan fingerprint density at radius 2 is 2.05 bits per heavy atom. The lowest BCUT2D eigenvalue weighted by molar-refractivity contribution is -0.139. The van der Waals surface area contributed by atoms with Crippen molar-refractivity contribution in [1.82, 2.24) is 10.2 Å². The zero-order chi connectivity index (χ0) is 14.4. The fraction of sp³-hybridized carbons (Fsp3) is 0.857. The highest BCUT2D eigenvalue weighted by Crippen LogP contribution is 2.18. The molecule has 0 aromatic carbocycles. The number of carbonyl (C=O) groups is 2. The van der Waals surface area contributed by atoms with E-state index in [1.54, 1.807) is 4.90 Å². The molecule has 1 fully saturated rings. The lowest BCUT2D eigenvalue weighted by atomic mass is 10.1. The van der Waals surface area contributed by atoms with E-state index in [0.29, 0.717) is 25.4 Å². The number of nitrogens with one attached hydrogen (secondary N) is 1. The number of nitrogens with zero attached hydrogens (tertiary/aromatic N) is 1. The quantitative estimate of drug-likeness (QED) is 0.751. The maximum Gasteiger partial charge on any atom is 0.242 e. The van der Waals surface area contributed by atoms with Crippen LogP contribution in [0.1, 0.15) is 46.5 Å². The van der Waals surface area contributed by atoms with Gasteiger partial charge in [-0.2, -0.15) is 0 Å². The average Bonchev–Trinajstić information content (AvgIpc) is 2.91. The van der Waals surface area contributed by atoms with E-state index in [-0.39, 0.29) is 17.9 Å². The van der Waals surface area contributed by atoms with E-state index < -0.39 is 6.04 Å². The van der Waals surface area contributed by atoms with Crippen molar-refractivity contribution in [3.05, 3.63) is 0 Å². The molecule has 0 aromatic rings. The summed E-state index contributed by atoms with van der Waals surface area (Å²) in [6, 6.07) is -0.808. The first-order chi connectivity index (χ1) is 9.01. The van der Waals surface area contributed by atoms with Crippen LogP contribution in [0.4, 0.5) is 0 Å². The summed E-state index contributed by atoms with van der Waals surface area (Å²) in [5.74, 6) is 0.338. The molecule has 5 nitrogen and oxygen atoms in total. The Kier molecular flexibility index (Phi) is 6.28. The smallest absolute Gasteiger partial charge is 0.242 e. The summed E-state index contributed by atoms with van der Waals surface area (Å²) in [5, 5.41) is 2.94. The van der Waals surface area contributed by atoms with E-state index in [4.69, 9.17) is 5.73 Å². The third-order valence-electron chi connectivity index (χ3n) is 3.92. The summed E-state index contributed by atoms with van der Waals surface area (Å²) in [5.41, 5.74) is 5.78. The fourth-order valence-electron chi connectivity index (χ4n) is 2.23. The van der Waals surface area contributed by atoms with Crippen LogP contribution in [-0.2, 0) is 9.59 Å². The van der Waals surface area contributed by atoms with Crippen LogP contribution < -0.4 is 11.1 Å². The van der Waals surface area contributed by atoms with Gasteiger partial charge in [0.2, 0.25) is 11.8 Å². The minimum Gasteiger partial charge on any atom is -0.354 e. The average molecular weight is 269 g/mol. The van der Waals surface area contributed by atoms with E-state index >= 15 is 0 Å². The SMILES string of the molecule is CC[C@H](C)CNC(=O)[C@@H]1CCCN1C(=O)[C@@H](N)CC. The molecule has 110 valence electrons. The van der Waals surface area contributed by atoms with Crippen LogP contribution in [0, 0.1) is 5.92 Å². The second kappa shape index (κ2) is 7.48. The van der Waals surface area contributed by atoms with Crippen molar-refractivity contribution in [1.29, 1.82) is 0 Å². The first-order valence-electron chi connectivity index (χ1n) is 7.35. The predicted octanol–water partition coefficient (Wildman–Crippen LogP) is 0.877. The summed E-state index contributed by atoms with van der Waals surface area (Å²) in [4.78, 5) is 25.9. The van der Waals surface area contributed by atoms with Gasteiger partial charge < -0.3 is 16.0 Å². The van der Waals surface area contributed by atoms with E-state index in [0.717, 1.165) is 19.3 Å². The van der Waals surface area contributed by atoms with Gasteiger partial charge >= 0.3 is 0 Å². The highest BCUT2D eigenvalue weighted by molar-refractivity contribution is 5.90. The molecule has 2 amide bonds. The molecule has 19 heavy (non-hydrogen) atoms. The molecule has 0 aromatic heterocycles. The third-order valence-corrected chi connectivity index (χ3v) is 3.92. The van der Waals surface area contributed by atoms with Gasteiger partial charge in [-0.05, 0) is 25.2 Å². The number of hydrogen-bond donors (Lipinski definition) is 2. The number of rotatable bonds is 6. The molecule has 0 radical (unpaired) electrons. The molecular formula is C14H27N3O2. The zero-order valence-corrected chi connectivity index (χ0v) is 12.3. The first kappa shape index (κ1) is 16.0. The van der Waals surface area contributed by atoms with Gasteiger partial charge in [-0.3, -0.25) is 9.59 Å². The van der Waals surface area contributed by atoms with Gasteiger partial charge in [-0.15, -0.1) is 0 Å². The molecule has 5 heteroatoms. The highest BCUT2D eigenvalue weighted by atomic mass is 16.2. The van der Waals surface area contributed by atoms with Crippen LogP contribution in [0.25, 0.3) is 0 Å². The Hall–Kier alpha value is -1.10. The first-order valence-corrected chi connectivity index (χ1v) is 7.35. The summed E-state index contributed by atoms with van der Waals surface area (Å²) < 4.78 is 0. The number of amides is 2. The van der Waals surface area contributed by atoms with Crippen molar-refractivity contribution in [3.63, 3.8) is 0 Å². The van der Waals surface area contributed by atoms with Crippen molar-refractivity contribution >= 4 is 11.8 Å². The van der Waals surface area contributed by atoms with E-state index in [1.165, 1.54) is 0 Å². The topological polar surface area (TPSA) is 75.4 Å². The van der Waals surface area contributed by atoms with Crippen LogP contribution >= 0.6 is 0 Å². The summed E-state index contributed by atoms with van der Waals surface area (Å²) in [6.45, 7) is 7.41. The molecular weight excluding hydrogens is 242 g/mol. The Morgan fingerprint density at radius 3 is 2.63 bits per heavy atom. The summed E-state index contributed by atoms with van der Waals surface area (Å²) >= 11 is 0. The maximum absolute atomic E-state index is 12.1. The number of hydrogen-bond acceptors (Lipinski definition) is 3. The minimum absolute atomic E-state index is 0.0329. The standard InChI is InChI=1S/C14H27N3O2/c1-4-10(3)9-16-13(18)12-7-6-8-17(12)14(19)11(15)5-2/h10-12H,4-9,15H2,1-3H3,(H,16,18)/t10-,11-,12-/m0/s1. The monoisotopic (exact) mass is 269 g/mol. The molecule has 3 atom stereocenters. The van der Waals surface area contributed by atoms with Crippen LogP contribution in [0.3, 0.4) is 0 Å². The van der Waals surface area contributed by atoms with Gasteiger partial charge in [0.05, 0.1) is 6.04 Å². The zero-order valence-electron chi connectivity index (χ0n) is 12.3. The van der Waals surface area contributed by atoms with E-state index in [2.05, 4.69) is 19.2 Å². The second-order valence-corrected chi connectivity index (χ2v) is 5.46. The molecule has 1 heterocycles. The van der Waals surface area contributed by atoms with Crippen molar-refractivity contribution in [2.75, 3.05) is 13.1 Å². The minimum atomic E-state index is -0.483. The van der Waals surface area contributed by atoms with Gasteiger partial charge in [0.25, 0.3) is 0 Å². The summed E-state index contributed by atoms with van der Waals surface area (Å²) in [6.07, 6.45) is 3.27. The van der Waals surface area contributed by atoms with Crippen molar-refractivity contribution in [3.8, 4) is 0 Å². The van der Waals surface area contributed by atoms with Gasteiger partial charge in [0.1, 0.15) is 6.04 Å². The molecule has 3 N–H and O–H groups in total. The Labute approximate surface area is 115 Å². The van der Waals surface area contributed by atoms with Crippen molar-refractivity contribution < 1.29 is 9.59 Å². The van der Waals surface area contributed by atoms with Crippen molar-refractivity contribution in [2.24, 2.45) is 11.7 Å². The van der Waals surface area contributed by atoms with Gasteiger partial charge in [-0.1, -0.05) is 27.2 Å². The van der Waals surface area contributed by atoms with E-state index in [1.807, 2.05) is 6.92 Å². The molecule has 0 saturated carbocycles. The van der Waals surface area contributed by atoms with Gasteiger partial charge in [0.15, 0.2) is 0 Å². The van der Waals surface area contributed by atoms with Crippen LogP contribution in [0.5, 0.6) is 0 Å². The number of likely N-dealkylation sites (tertiary alicyclic amines) is 1. The Balaban J connectivity index is 2.56. The number of carbonyl (C=O) groups excluding carboxylic acids is 2. The van der Waals surface area contributed by atoms with Gasteiger partial charge in [-0.25, -0.2) is 0 Å². The second-order valence-electron chi connectivity index (χ2n) is 5.46. The molecule has 1 saturated heterocycles. The molecule has 0 spiro atoms. The highest BCUT2D eigenvalue weighted by Gasteiger charge is 2.35. The lowest BCUT2D eigenvalue weighted by Crippen LogP contribution is -2.51. The third kappa shape index (κ3) is 4.20. The lowest BCUT2D eigenvalue weighted by Gasteiger charge is -2.26. The predicted molar refractivity (Wildman–Crippen MR) is 75.5 cm³/mol.